The summed E-state index contributed by atoms with van der Waals surface area (Å²) in [5.41, 5.74) is 17.0. The summed E-state index contributed by atoms with van der Waals surface area (Å²) in [4.78, 5) is 11.5. The second-order valence-electron chi connectivity index (χ2n) is 9.65. The molecule has 1 saturated heterocycles. The van der Waals surface area contributed by atoms with Gasteiger partial charge < -0.3 is 20.9 Å². The van der Waals surface area contributed by atoms with Gasteiger partial charge in [0, 0.05) is 30.0 Å². The molecule has 1 atom stereocenters. The molecule has 1 aliphatic heterocycles. The number of rotatable bonds is 3. The third kappa shape index (κ3) is 3.84. The second kappa shape index (κ2) is 8.12. The molecule has 0 unspecified atom stereocenters. The van der Waals surface area contributed by atoms with E-state index in [0.29, 0.717) is 27.4 Å². The quantitative estimate of drug-likeness (QED) is 0.535. The van der Waals surface area contributed by atoms with Crippen molar-refractivity contribution in [2.75, 3.05) is 37.1 Å². The Morgan fingerprint density at radius 3 is 2.52 bits per heavy atom. The Morgan fingerprint density at radius 2 is 1.85 bits per heavy atom. The fourth-order valence-electron chi connectivity index (χ4n) is 5.36. The number of fused-ring (bicyclic) bond motifs is 1. The van der Waals surface area contributed by atoms with Gasteiger partial charge in [-0.05, 0) is 55.2 Å². The van der Waals surface area contributed by atoms with E-state index in [0.717, 1.165) is 38.2 Å². The molecular formula is C25H29ClN5OP. The lowest BCUT2D eigenvalue weighted by molar-refractivity contribution is 0.187. The van der Waals surface area contributed by atoms with Crippen LogP contribution in [0, 0.1) is 5.41 Å². The molecule has 0 amide bonds. The predicted octanol–water partition coefficient (Wildman–Crippen LogP) is 4.47. The summed E-state index contributed by atoms with van der Waals surface area (Å²) in [5, 5.41) is 1.05. The third-order valence-corrected chi connectivity index (χ3v) is 9.35. The highest BCUT2D eigenvalue weighted by Gasteiger charge is 2.45. The summed E-state index contributed by atoms with van der Waals surface area (Å²) in [6, 6.07) is 14.1. The standard InChI is InChI=1S/C25H29ClN5OP/c1-33(2,32)19-9-5-8-18(21(19)26)22-24(28)30-20(15-29-22)31-12-10-25(11-13-31)14-16-6-3-4-7-17(16)23(25)27/h3-9,15,23H,10-14,27H2,1-2H3,(H2,28,30)/t23-/m1/s1. The maximum atomic E-state index is 12.6. The Hall–Kier alpha value is -2.40. The number of halogens is 1. The lowest BCUT2D eigenvalue weighted by atomic mass is 9.73. The minimum absolute atomic E-state index is 0.0805. The fraction of sp³-hybridized carbons (Fsp3) is 0.360. The number of nitrogens with zero attached hydrogens (tertiary/aromatic N) is 3. The average Bonchev–Trinajstić information content (AvgIpc) is 3.05. The molecule has 0 radical (unpaired) electrons. The Morgan fingerprint density at radius 1 is 1.12 bits per heavy atom. The molecule has 172 valence electrons. The number of nitrogen functional groups attached to an aromatic ring is 1. The van der Waals surface area contributed by atoms with Crippen LogP contribution in [0.2, 0.25) is 5.02 Å². The molecule has 2 heterocycles. The normalized spacial score (nSPS) is 19.6. The summed E-state index contributed by atoms with van der Waals surface area (Å²) in [6.07, 6.45) is 4.80. The number of benzene rings is 2. The Bertz CT molecular complexity index is 1270. The van der Waals surface area contributed by atoms with Gasteiger partial charge in [0.2, 0.25) is 0 Å². The van der Waals surface area contributed by atoms with Gasteiger partial charge >= 0.3 is 0 Å². The van der Waals surface area contributed by atoms with Gasteiger partial charge in [-0.1, -0.05) is 48.0 Å². The number of anilines is 2. The van der Waals surface area contributed by atoms with Crippen LogP contribution in [-0.4, -0.2) is 36.4 Å². The number of piperidine rings is 1. The van der Waals surface area contributed by atoms with E-state index < -0.39 is 7.14 Å². The zero-order valence-corrected chi connectivity index (χ0v) is 20.6. The maximum Gasteiger partial charge on any atom is 0.152 e. The molecule has 5 rings (SSSR count). The van der Waals surface area contributed by atoms with Gasteiger partial charge in [0.1, 0.15) is 18.7 Å². The van der Waals surface area contributed by atoms with E-state index in [1.165, 1.54) is 11.1 Å². The Labute approximate surface area is 199 Å². The van der Waals surface area contributed by atoms with E-state index in [4.69, 9.17) is 23.1 Å². The van der Waals surface area contributed by atoms with Crippen molar-refractivity contribution >= 4 is 35.7 Å². The Kier molecular flexibility index (Phi) is 5.51. The molecule has 8 heteroatoms. The molecule has 6 nitrogen and oxygen atoms in total. The number of aromatic nitrogens is 2. The van der Waals surface area contributed by atoms with Gasteiger partial charge in [-0.2, -0.15) is 0 Å². The van der Waals surface area contributed by atoms with Crippen molar-refractivity contribution in [1.29, 1.82) is 0 Å². The summed E-state index contributed by atoms with van der Waals surface area (Å²) >= 11 is 6.59. The summed E-state index contributed by atoms with van der Waals surface area (Å²) in [5.74, 6) is 1.08. The second-order valence-corrected chi connectivity index (χ2v) is 13.2. The predicted molar refractivity (Wildman–Crippen MR) is 137 cm³/mol. The minimum Gasteiger partial charge on any atom is -0.382 e. The fourth-order valence-corrected chi connectivity index (χ4v) is 7.22. The van der Waals surface area contributed by atoms with Crippen molar-refractivity contribution in [2.45, 2.75) is 25.3 Å². The molecular weight excluding hydrogens is 453 g/mol. The van der Waals surface area contributed by atoms with Gasteiger partial charge in [-0.15, -0.1) is 0 Å². The molecule has 33 heavy (non-hydrogen) atoms. The van der Waals surface area contributed by atoms with Gasteiger partial charge in [-0.25, -0.2) is 9.97 Å². The van der Waals surface area contributed by atoms with Crippen LogP contribution in [0.3, 0.4) is 0 Å². The highest BCUT2D eigenvalue weighted by atomic mass is 35.5. The first-order valence-corrected chi connectivity index (χ1v) is 14.2. The van der Waals surface area contributed by atoms with Crippen molar-refractivity contribution in [1.82, 2.24) is 9.97 Å². The van der Waals surface area contributed by atoms with E-state index in [-0.39, 0.29) is 11.5 Å². The zero-order chi connectivity index (χ0) is 23.4. The number of nitrogens with two attached hydrogens (primary N) is 2. The van der Waals surface area contributed by atoms with Crippen LogP contribution < -0.4 is 21.7 Å². The Balaban J connectivity index is 1.36. The molecule has 1 spiro atoms. The van der Waals surface area contributed by atoms with Crippen molar-refractivity contribution in [2.24, 2.45) is 11.1 Å². The van der Waals surface area contributed by atoms with E-state index >= 15 is 0 Å². The van der Waals surface area contributed by atoms with E-state index in [1.807, 2.05) is 12.1 Å². The topological polar surface area (TPSA) is 98.1 Å². The summed E-state index contributed by atoms with van der Waals surface area (Å²) in [7, 11) is -2.53. The molecule has 1 fully saturated rings. The van der Waals surface area contributed by atoms with E-state index in [2.05, 4.69) is 39.1 Å². The minimum atomic E-state index is -2.53. The van der Waals surface area contributed by atoms with Crippen LogP contribution in [0.25, 0.3) is 11.3 Å². The van der Waals surface area contributed by atoms with Crippen molar-refractivity contribution in [3.05, 3.63) is 64.8 Å². The van der Waals surface area contributed by atoms with Crippen molar-refractivity contribution in [3.63, 3.8) is 0 Å². The first kappa shape index (κ1) is 22.4. The highest BCUT2D eigenvalue weighted by Crippen LogP contribution is 2.51. The van der Waals surface area contributed by atoms with Crippen molar-refractivity contribution < 1.29 is 4.57 Å². The first-order chi connectivity index (χ1) is 15.7. The number of hydrogen-bond acceptors (Lipinski definition) is 6. The van der Waals surface area contributed by atoms with Crippen molar-refractivity contribution in [3.8, 4) is 11.3 Å². The van der Waals surface area contributed by atoms with Gasteiger partial charge in [0.15, 0.2) is 5.82 Å². The maximum absolute atomic E-state index is 12.6. The third-order valence-electron chi connectivity index (χ3n) is 7.28. The van der Waals surface area contributed by atoms with Crippen LogP contribution in [-0.2, 0) is 11.0 Å². The first-order valence-electron chi connectivity index (χ1n) is 11.2. The number of hydrogen-bond donors (Lipinski definition) is 2. The van der Waals surface area contributed by atoms with Crippen LogP contribution in [0.1, 0.15) is 30.0 Å². The molecule has 2 aliphatic rings. The van der Waals surface area contributed by atoms with Crippen LogP contribution in [0.15, 0.2) is 48.7 Å². The van der Waals surface area contributed by atoms with Gasteiger partial charge in [0.05, 0.1) is 11.2 Å². The molecule has 3 aromatic rings. The summed E-state index contributed by atoms with van der Waals surface area (Å²) < 4.78 is 12.6. The van der Waals surface area contributed by atoms with E-state index in [1.54, 1.807) is 25.6 Å². The molecule has 0 saturated carbocycles. The van der Waals surface area contributed by atoms with Crippen LogP contribution in [0.5, 0.6) is 0 Å². The molecule has 0 bridgehead atoms. The van der Waals surface area contributed by atoms with Crippen LogP contribution >= 0.6 is 18.7 Å². The SMILES string of the molecule is CP(C)(=O)c1cccc(-c2ncc(N3CCC4(CC3)Cc3ccccc3[C@H]4N)nc2N)c1Cl. The summed E-state index contributed by atoms with van der Waals surface area (Å²) in [6.45, 7) is 5.13. The molecule has 1 aromatic heterocycles. The average molecular weight is 482 g/mol. The molecule has 2 aromatic carbocycles. The lowest BCUT2D eigenvalue weighted by Gasteiger charge is -2.42. The smallest absolute Gasteiger partial charge is 0.152 e. The largest absolute Gasteiger partial charge is 0.382 e. The monoisotopic (exact) mass is 481 g/mol. The van der Waals surface area contributed by atoms with Gasteiger partial charge in [0.25, 0.3) is 0 Å². The molecule has 4 N–H and O–H groups in total. The lowest BCUT2D eigenvalue weighted by Crippen LogP contribution is -2.44. The zero-order valence-electron chi connectivity index (χ0n) is 19.0. The molecule has 1 aliphatic carbocycles. The highest BCUT2D eigenvalue weighted by molar-refractivity contribution is 7.70. The van der Waals surface area contributed by atoms with E-state index in [9.17, 15) is 4.57 Å². The van der Waals surface area contributed by atoms with Gasteiger partial charge in [-0.3, -0.25) is 0 Å². The van der Waals surface area contributed by atoms with Crippen LogP contribution in [0.4, 0.5) is 11.6 Å².